The maximum atomic E-state index is 7.80. The molecule has 8 saturated heterocycles. The van der Waals surface area contributed by atoms with Crippen LogP contribution in [0.25, 0.3) is 0 Å². The lowest BCUT2D eigenvalue weighted by Gasteiger charge is -2.51. The molecular formula is C76H126O16Si8. The average molecular weight is 1520 g/mol. The van der Waals surface area contributed by atoms with Gasteiger partial charge in [0.25, 0.3) is 0 Å². The minimum absolute atomic E-state index is 0.258. The quantitative estimate of drug-likeness (QED) is 0.0428. The molecule has 0 radical (unpaired) electrons. The van der Waals surface area contributed by atoms with Gasteiger partial charge in [-0.1, -0.05) is 38.1 Å². The molecule has 6 aliphatic carbocycles. The molecule has 14 aliphatic rings. The highest BCUT2D eigenvalue weighted by molar-refractivity contribution is 6.95. The molecule has 0 N–H and O–H groups in total. The van der Waals surface area contributed by atoms with E-state index in [0.29, 0.717) is 128 Å². The van der Waals surface area contributed by atoms with E-state index in [0.717, 1.165) is 98.8 Å². The number of hydrogen-bond donors (Lipinski definition) is 0. The third kappa shape index (κ3) is 18.6. The van der Waals surface area contributed by atoms with Gasteiger partial charge in [-0.05, 0) is 326 Å². The Labute approximate surface area is 609 Å². The Balaban J connectivity index is 0.555. The lowest BCUT2D eigenvalue weighted by Crippen LogP contribution is -2.67. The maximum absolute atomic E-state index is 7.80. The Bertz CT molecular complexity index is 3030. The van der Waals surface area contributed by atoms with Crippen molar-refractivity contribution in [3.8, 4) is 11.5 Å². The van der Waals surface area contributed by atoms with Crippen LogP contribution in [0.2, 0.25) is 101 Å². The average Bonchev–Trinajstić information content (AvgIpc) is 1.56. The van der Waals surface area contributed by atoms with Crippen molar-refractivity contribution in [3.63, 3.8) is 0 Å². The zero-order valence-electron chi connectivity index (χ0n) is 62.8. The summed E-state index contributed by atoms with van der Waals surface area (Å²) in [7, 11) is -22.5. The summed E-state index contributed by atoms with van der Waals surface area (Å²) in [6.45, 7) is 24.6. The van der Waals surface area contributed by atoms with Crippen molar-refractivity contribution in [3.05, 3.63) is 59.7 Å². The van der Waals surface area contributed by atoms with E-state index in [1.54, 1.807) is 0 Å². The van der Waals surface area contributed by atoms with Crippen LogP contribution >= 0.6 is 0 Å². The van der Waals surface area contributed by atoms with Crippen LogP contribution in [0.15, 0.2) is 48.5 Å². The topological polar surface area (TPSA) is 167 Å². The molecule has 0 amide bonds. The lowest BCUT2D eigenvalue weighted by atomic mass is 9.78. The predicted molar refractivity (Wildman–Crippen MR) is 404 cm³/mol. The highest BCUT2D eigenvalue weighted by atomic mass is 28.5. The fraction of sp³-hybridized carbons (Fsp3) is 0.842. The van der Waals surface area contributed by atoms with E-state index in [-0.39, 0.29) is 5.41 Å². The van der Waals surface area contributed by atoms with Gasteiger partial charge in [0.1, 0.15) is 11.5 Å². The molecule has 24 heteroatoms. The zero-order valence-corrected chi connectivity index (χ0v) is 70.8. The highest BCUT2D eigenvalue weighted by Crippen LogP contribution is 2.51. The third-order valence-electron chi connectivity index (χ3n) is 27.2. The first-order valence-electron chi connectivity index (χ1n) is 40.8. The van der Waals surface area contributed by atoms with Gasteiger partial charge in [0.2, 0.25) is 0 Å². The van der Waals surface area contributed by atoms with E-state index in [1.165, 1.54) is 127 Å². The van der Waals surface area contributed by atoms with Crippen molar-refractivity contribution in [2.45, 2.75) is 354 Å². The minimum Gasteiger partial charge on any atom is -0.494 e. The van der Waals surface area contributed by atoms with Gasteiger partial charge < -0.3 is 70.8 Å². The molecule has 6 saturated carbocycles. The van der Waals surface area contributed by atoms with E-state index in [1.807, 2.05) is 0 Å². The molecule has 558 valence electrons. The van der Waals surface area contributed by atoms with Crippen LogP contribution in [-0.4, -0.2) is 155 Å². The van der Waals surface area contributed by atoms with Crippen LogP contribution in [0.1, 0.15) is 185 Å². The molecule has 8 aliphatic heterocycles. The summed E-state index contributed by atoms with van der Waals surface area (Å²) in [6.07, 6.45) is 35.1. The van der Waals surface area contributed by atoms with Crippen molar-refractivity contribution >= 4 is 68.5 Å². The molecule has 16 nitrogen and oxygen atoms in total. The molecule has 0 aromatic heterocycles. The molecule has 0 spiro atoms. The summed E-state index contributed by atoms with van der Waals surface area (Å²) in [5.74, 6) is 5.69. The Hall–Kier alpha value is -0.785. The lowest BCUT2D eigenvalue weighted by molar-refractivity contribution is 0.207. The van der Waals surface area contributed by atoms with Gasteiger partial charge in [-0.2, -0.15) is 0 Å². The fourth-order valence-electron chi connectivity index (χ4n) is 21.0. The summed E-state index contributed by atoms with van der Waals surface area (Å²) in [5, 5.41) is 0. The van der Waals surface area contributed by atoms with Crippen molar-refractivity contribution < 1.29 is 70.8 Å². The Morgan fingerprint density at radius 2 is 0.500 bits per heavy atom. The van der Waals surface area contributed by atoms with E-state index in [2.05, 4.69) is 115 Å². The molecule has 8 heterocycles. The van der Waals surface area contributed by atoms with Crippen molar-refractivity contribution in [1.29, 1.82) is 0 Å². The minimum atomic E-state index is -2.93. The largest absolute Gasteiger partial charge is 0.494 e. The van der Waals surface area contributed by atoms with Crippen molar-refractivity contribution in [2.24, 2.45) is 35.5 Å². The molecule has 0 bridgehead atoms. The molecule has 14 fully saturated rings. The van der Waals surface area contributed by atoms with Crippen LogP contribution < -0.4 is 9.47 Å². The van der Waals surface area contributed by atoms with Gasteiger partial charge in [-0.15, -0.1) is 0 Å². The van der Waals surface area contributed by atoms with Gasteiger partial charge in [-0.25, -0.2) is 0 Å². The molecule has 22 atom stereocenters. The summed E-state index contributed by atoms with van der Waals surface area (Å²) in [6, 6.07) is 25.0. The Morgan fingerprint density at radius 3 is 0.740 bits per heavy atom. The van der Waals surface area contributed by atoms with Crippen LogP contribution in [0.4, 0.5) is 0 Å². The summed E-state index contributed by atoms with van der Waals surface area (Å²) in [4.78, 5) is 0. The standard InChI is InChI=1S/C76H126O16Si8/c1-76(2,61-20-24-63(25-21-61)78-39-47-100(10)91-98(8,45-36-58-16-30-68-74(52-58)83-68)89-97(7,44-35-57-15-29-67-73(51-57)82-67)90-99(9,92-100)46-37-59-17-31-69-75(53-59)84-69)60-18-22-62(23-19-60)77-38-11-40-93(3)85-94(4,41-32-54-12-26-64-70(48-54)79-64)87-96(6,43-34-56-14-28-66-72(50-56)81-66)88-95(5,86-93)42-33-55-13-27-65-71(49-55)80-65/h18-25,54-59,64-75H,11-17,26-53H2,1-10H3. The number of rotatable bonds is 29. The van der Waals surface area contributed by atoms with Gasteiger partial charge in [0, 0.05) is 11.5 Å². The number of hydrogen-bond acceptors (Lipinski definition) is 16. The normalized spacial score (nSPS) is 46.8. The van der Waals surface area contributed by atoms with E-state index in [4.69, 9.17) is 70.8 Å². The summed E-state index contributed by atoms with van der Waals surface area (Å²) >= 11 is 0. The number of fused-ring (bicyclic) bond motifs is 6. The van der Waals surface area contributed by atoms with Crippen molar-refractivity contribution in [1.82, 2.24) is 0 Å². The predicted octanol–water partition coefficient (Wildman–Crippen LogP) is 17.6. The van der Waals surface area contributed by atoms with Crippen molar-refractivity contribution in [2.75, 3.05) is 13.2 Å². The van der Waals surface area contributed by atoms with E-state index >= 15 is 0 Å². The molecule has 22 unspecified atom stereocenters. The number of epoxide rings is 6. The first kappa shape index (κ1) is 73.4. The molecule has 2 aromatic rings. The van der Waals surface area contributed by atoms with E-state index < -0.39 is 68.5 Å². The summed E-state index contributed by atoms with van der Waals surface area (Å²) < 4.78 is 112. The molecule has 2 aromatic carbocycles. The SMILES string of the molecule is CC(C)(c1ccc(OCCC[Si]2(C)O[Si](C)(CCC3CCC4OC4C3)O[Si](C)(CCC3CCC4OC4C3)O[Si](C)(CCC3CCC4OC4C3)O2)cc1)c1ccc(OCC[Si]2(C)O[Si](C)(CCC3CCC4OC4C3)O[Si](C)(CCC3CCC4OC4C3)O[Si](C)(CCC3CCC4OC4C3)O2)cc1. The second-order valence-electron chi connectivity index (χ2n) is 36.7. The second-order valence-corrected chi connectivity index (χ2v) is 65.4. The zero-order chi connectivity index (χ0) is 68.9. The Morgan fingerprint density at radius 1 is 0.280 bits per heavy atom. The monoisotopic (exact) mass is 1520 g/mol. The fourth-order valence-corrected chi connectivity index (χ4v) is 67.9. The highest BCUT2D eigenvalue weighted by Gasteiger charge is 2.61. The van der Waals surface area contributed by atoms with Crippen LogP contribution in [0.5, 0.6) is 11.5 Å². The number of ether oxygens (including phenoxy) is 8. The van der Waals surface area contributed by atoms with Gasteiger partial charge in [0.15, 0.2) is 0 Å². The molecular weight excluding hydrogens is 1390 g/mol. The van der Waals surface area contributed by atoms with Crippen LogP contribution in [0, 0.1) is 35.5 Å². The summed E-state index contributed by atoms with van der Waals surface area (Å²) in [5.41, 5.74) is 2.20. The van der Waals surface area contributed by atoms with E-state index in [9.17, 15) is 0 Å². The van der Waals surface area contributed by atoms with Crippen LogP contribution in [-0.2, 0) is 66.8 Å². The first-order valence-corrected chi connectivity index (χ1v) is 61.0. The second kappa shape index (κ2) is 29.2. The third-order valence-corrected chi connectivity index (χ3v) is 64.4. The smallest absolute Gasteiger partial charge is 0.320 e. The molecule has 16 rings (SSSR count). The van der Waals surface area contributed by atoms with Crippen LogP contribution in [0.3, 0.4) is 0 Å². The Kier molecular flexibility index (Phi) is 21.4. The number of benzene rings is 2. The first-order chi connectivity index (χ1) is 47.8. The van der Waals surface area contributed by atoms with Gasteiger partial charge in [0.05, 0.1) is 86.5 Å². The molecule has 100 heavy (non-hydrogen) atoms. The van der Waals surface area contributed by atoms with Gasteiger partial charge >= 0.3 is 68.5 Å². The maximum Gasteiger partial charge on any atom is 0.320 e. The van der Waals surface area contributed by atoms with Gasteiger partial charge in [-0.3, -0.25) is 0 Å².